The molecule has 2 rings (SSSR count). The van der Waals surface area contributed by atoms with Crippen LogP contribution in [-0.2, 0) is 4.79 Å². The van der Waals surface area contributed by atoms with Gasteiger partial charge in [-0.3, -0.25) is 4.79 Å². The molecular weight excluding hydrogens is 190 g/mol. The van der Waals surface area contributed by atoms with Crippen LogP contribution in [-0.4, -0.2) is 28.9 Å². The van der Waals surface area contributed by atoms with Crippen molar-refractivity contribution in [1.29, 1.82) is 0 Å². The highest BCUT2D eigenvalue weighted by Crippen LogP contribution is 2.15. The summed E-state index contributed by atoms with van der Waals surface area (Å²) in [6.45, 7) is 1.80. The van der Waals surface area contributed by atoms with Crippen LogP contribution in [0, 0.1) is 0 Å². The molecule has 3 N–H and O–H groups in total. The van der Waals surface area contributed by atoms with Crippen molar-refractivity contribution >= 4 is 5.91 Å². The van der Waals surface area contributed by atoms with E-state index in [2.05, 4.69) is 4.98 Å². The summed E-state index contributed by atoms with van der Waals surface area (Å²) in [4.78, 5) is 16.7. The number of aromatic amines is 1. The topological polar surface area (TPSA) is 62.1 Å². The molecule has 0 spiro atoms. The number of carbonyl (C=O) groups is 1. The van der Waals surface area contributed by atoms with E-state index in [1.807, 2.05) is 23.2 Å². The average Bonchev–Trinajstić information content (AvgIpc) is 2.91. The second-order valence-corrected chi connectivity index (χ2v) is 4.02. The molecule has 1 amide bonds. The van der Waals surface area contributed by atoms with Crippen molar-refractivity contribution in [2.75, 3.05) is 13.1 Å². The van der Waals surface area contributed by atoms with Gasteiger partial charge in [0.1, 0.15) is 0 Å². The first-order chi connectivity index (χ1) is 7.27. The van der Waals surface area contributed by atoms with Crippen molar-refractivity contribution in [2.24, 2.45) is 5.73 Å². The number of rotatable bonds is 3. The van der Waals surface area contributed by atoms with Crippen molar-refractivity contribution in [3.8, 4) is 0 Å². The summed E-state index contributed by atoms with van der Waals surface area (Å²) in [6.07, 6.45) is 4.49. The fourth-order valence-corrected chi connectivity index (χ4v) is 1.97. The highest BCUT2D eigenvalue weighted by atomic mass is 16.2. The zero-order chi connectivity index (χ0) is 10.7. The molecule has 1 fully saturated rings. The van der Waals surface area contributed by atoms with Gasteiger partial charge in [0, 0.05) is 31.4 Å². The minimum absolute atomic E-state index is 0.176. The maximum Gasteiger partial charge on any atom is 0.224 e. The predicted octanol–water partition coefficient (Wildman–Crippen LogP) is 1.03. The number of H-pyrrole nitrogens is 1. The summed E-state index contributed by atoms with van der Waals surface area (Å²) >= 11 is 0. The molecule has 2 heterocycles. The molecule has 1 aliphatic heterocycles. The number of nitrogens with zero attached hydrogens (tertiary/aromatic N) is 1. The van der Waals surface area contributed by atoms with Crippen LogP contribution in [0.1, 0.15) is 31.0 Å². The lowest BCUT2D eigenvalue weighted by atomic mass is 10.1. The molecule has 1 aliphatic rings. The average molecular weight is 207 g/mol. The number of hydrogen-bond acceptors (Lipinski definition) is 2. The summed E-state index contributed by atoms with van der Waals surface area (Å²) in [7, 11) is 0. The van der Waals surface area contributed by atoms with Crippen LogP contribution in [0.5, 0.6) is 0 Å². The summed E-state index contributed by atoms with van der Waals surface area (Å²) in [6, 6.07) is 3.62. The second kappa shape index (κ2) is 4.49. The van der Waals surface area contributed by atoms with E-state index in [1.54, 1.807) is 0 Å². The molecule has 15 heavy (non-hydrogen) atoms. The third-order valence-corrected chi connectivity index (χ3v) is 2.87. The molecule has 0 radical (unpaired) electrons. The second-order valence-electron chi connectivity index (χ2n) is 4.02. The third-order valence-electron chi connectivity index (χ3n) is 2.87. The first-order valence-corrected chi connectivity index (χ1v) is 5.44. The normalized spacial score (nSPS) is 18.1. The molecule has 0 saturated carbocycles. The molecule has 4 heteroatoms. The summed E-state index contributed by atoms with van der Waals surface area (Å²) in [5.41, 5.74) is 6.86. The molecular formula is C11H17N3O. The molecule has 1 saturated heterocycles. The van der Waals surface area contributed by atoms with Crippen LogP contribution in [0.2, 0.25) is 0 Å². The molecule has 1 atom stereocenters. The number of nitrogens with two attached hydrogens (primary N) is 1. The van der Waals surface area contributed by atoms with Gasteiger partial charge in [-0.1, -0.05) is 0 Å². The zero-order valence-corrected chi connectivity index (χ0v) is 8.78. The molecule has 0 aromatic carbocycles. The van der Waals surface area contributed by atoms with Crippen molar-refractivity contribution in [3.05, 3.63) is 24.0 Å². The Morgan fingerprint density at radius 2 is 2.27 bits per heavy atom. The molecule has 82 valence electrons. The zero-order valence-electron chi connectivity index (χ0n) is 8.78. The van der Waals surface area contributed by atoms with E-state index in [-0.39, 0.29) is 11.9 Å². The number of hydrogen-bond donors (Lipinski definition) is 2. The highest BCUT2D eigenvalue weighted by molar-refractivity contribution is 5.77. The Hall–Kier alpha value is -1.29. The number of likely N-dealkylation sites (tertiary alicyclic amines) is 1. The van der Waals surface area contributed by atoms with Crippen LogP contribution in [0.15, 0.2) is 18.3 Å². The van der Waals surface area contributed by atoms with E-state index in [4.69, 9.17) is 5.73 Å². The van der Waals surface area contributed by atoms with E-state index in [1.165, 1.54) is 0 Å². The summed E-state index contributed by atoms with van der Waals surface area (Å²) < 4.78 is 0. The van der Waals surface area contributed by atoms with Gasteiger partial charge in [0.15, 0.2) is 0 Å². The monoisotopic (exact) mass is 207 g/mol. The largest absolute Gasteiger partial charge is 0.364 e. The van der Waals surface area contributed by atoms with Gasteiger partial charge in [0.25, 0.3) is 0 Å². The lowest BCUT2D eigenvalue weighted by Crippen LogP contribution is -2.30. The van der Waals surface area contributed by atoms with Crippen molar-refractivity contribution in [2.45, 2.75) is 25.3 Å². The van der Waals surface area contributed by atoms with Crippen LogP contribution in [0.3, 0.4) is 0 Å². The molecule has 1 unspecified atom stereocenters. The van der Waals surface area contributed by atoms with Gasteiger partial charge < -0.3 is 15.6 Å². The maximum atomic E-state index is 11.8. The van der Waals surface area contributed by atoms with E-state index >= 15 is 0 Å². The Balaban J connectivity index is 1.88. The minimum atomic E-state index is -0.201. The Bertz CT molecular complexity index is 315. The van der Waals surface area contributed by atoms with Crippen LogP contribution < -0.4 is 5.73 Å². The smallest absolute Gasteiger partial charge is 0.224 e. The van der Waals surface area contributed by atoms with Gasteiger partial charge in [-0.25, -0.2) is 0 Å². The highest BCUT2D eigenvalue weighted by Gasteiger charge is 2.20. The fraction of sp³-hybridized carbons (Fsp3) is 0.545. The lowest BCUT2D eigenvalue weighted by Gasteiger charge is -2.17. The number of nitrogens with one attached hydrogen (secondary N) is 1. The number of carbonyl (C=O) groups excluding carboxylic acids is 1. The predicted molar refractivity (Wildman–Crippen MR) is 58.2 cm³/mol. The van der Waals surface area contributed by atoms with E-state index in [9.17, 15) is 4.79 Å². The quantitative estimate of drug-likeness (QED) is 0.777. The van der Waals surface area contributed by atoms with E-state index in [0.29, 0.717) is 6.42 Å². The standard InChI is InChI=1S/C11H17N3O/c12-9(10-4-3-5-13-10)8-11(15)14-6-1-2-7-14/h3-5,9,13H,1-2,6-8,12H2. The third kappa shape index (κ3) is 2.39. The molecule has 4 nitrogen and oxygen atoms in total. The van der Waals surface area contributed by atoms with Gasteiger partial charge in [0.2, 0.25) is 5.91 Å². The molecule has 1 aromatic heterocycles. The lowest BCUT2D eigenvalue weighted by molar-refractivity contribution is -0.130. The van der Waals surface area contributed by atoms with Crippen LogP contribution in [0.25, 0.3) is 0 Å². The molecule has 0 bridgehead atoms. The SMILES string of the molecule is NC(CC(=O)N1CCCC1)c1ccc[nH]1. The first-order valence-electron chi connectivity index (χ1n) is 5.44. The Morgan fingerprint density at radius 1 is 1.53 bits per heavy atom. The van der Waals surface area contributed by atoms with Crippen LogP contribution >= 0.6 is 0 Å². The van der Waals surface area contributed by atoms with Gasteiger partial charge >= 0.3 is 0 Å². The van der Waals surface area contributed by atoms with Gasteiger partial charge in [-0.2, -0.15) is 0 Å². The minimum Gasteiger partial charge on any atom is -0.364 e. The van der Waals surface area contributed by atoms with E-state index in [0.717, 1.165) is 31.6 Å². The van der Waals surface area contributed by atoms with Gasteiger partial charge in [-0.05, 0) is 25.0 Å². The summed E-state index contributed by atoms with van der Waals surface area (Å²) in [5.74, 6) is 0.176. The number of aromatic nitrogens is 1. The van der Waals surface area contributed by atoms with Crippen LogP contribution in [0.4, 0.5) is 0 Å². The number of amides is 1. The fourth-order valence-electron chi connectivity index (χ4n) is 1.97. The van der Waals surface area contributed by atoms with Gasteiger partial charge in [0.05, 0.1) is 6.04 Å². The van der Waals surface area contributed by atoms with Gasteiger partial charge in [-0.15, -0.1) is 0 Å². The van der Waals surface area contributed by atoms with E-state index < -0.39 is 0 Å². The molecule has 1 aromatic rings. The Morgan fingerprint density at radius 3 is 2.87 bits per heavy atom. The van der Waals surface area contributed by atoms with Crippen molar-refractivity contribution in [1.82, 2.24) is 9.88 Å². The van der Waals surface area contributed by atoms with Crippen molar-refractivity contribution in [3.63, 3.8) is 0 Å². The Labute approximate surface area is 89.5 Å². The first kappa shape index (κ1) is 10.2. The summed E-state index contributed by atoms with van der Waals surface area (Å²) in [5, 5.41) is 0. The van der Waals surface area contributed by atoms with Crippen molar-refractivity contribution < 1.29 is 4.79 Å². The molecule has 0 aliphatic carbocycles. The maximum absolute atomic E-state index is 11.8. The Kier molecular flexibility index (Phi) is 3.06.